The molecule has 0 bridgehead atoms. The van der Waals surface area contributed by atoms with Crippen LogP contribution in [0.1, 0.15) is 22.8 Å². The van der Waals surface area contributed by atoms with Crippen LogP contribution in [0.3, 0.4) is 0 Å². The highest BCUT2D eigenvalue weighted by Crippen LogP contribution is 2.24. The van der Waals surface area contributed by atoms with Gasteiger partial charge in [-0.05, 0) is 36.1 Å². The van der Waals surface area contributed by atoms with Crippen molar-refractivity contribution in [2.75, 3.05) is 33.8 Å². The van der Waals surface area contributed by atoms with E-state index in [9.17, 15) is 4.79 Å². The van der Waals surface area contributed by atoms with Gasteiger partial charge >= 0.3 is 0 Å². The van der Waals surface area contributed by atoms with E-state index >= 15 is 0 Å². The molecule has 0 aromatic heterocycles. The van der Waals surface area contributed by atoms with Crippen molar-refractivity contribution in [3.63, 3.8) is 0 Å². The molecule has 6 nitrogen and oxygen atoms in total. The number of amides is 1. The van der Waals surface area contributed by atoms with E-state index in [1.807, 2.05) is 55.5 Å². The molecule has 0 saturated heterocycles. The molecule has 3 rings (SSSR count). The first-order chi connectivity index (χ1) is 15.1. The van der Waals surface area contributed by atoms with Crippen LogP contribution in [0.15, 0.2) is 71.7 Å². The largest absolute Gasteiger partial charge is 0.491 e. The molecule has 0 aliphatic heterocycles. The Morgan fingerprint density at radius 1 is 0.969 bits per heavy atom. The maximum absolute atomic E-state index is 12.0. The van der Waals surface area contributed by atoms with Gasteiger partial charge in [0.25, 0.3) is 5.91 Å². The van der Waals surface area contributed by atoms with Gasteiger partial charge in [-0.1, -0.05) is 48.5 Å². The van der Waals surface area contributed by atoms with Crippen molar-refractivity contribution < 1.29 is 9.53 Å². The minimum Gasteiger partial charge on any atom is -0.491 e. The van der Waals surface area contributed by atoms with Gasteiger partial charge in [-0.25, -0.2) is 4.99 Å². The number of ether oxygens (including phenoxy) is 1. The quantitative estimate of drug-likeness (QED) is 0.192. The lowest BCUT2D eigenvalue weighted by molar-refractivity contribution is 0.0827. The summed E-state index contributed by atoms with van der Waals surface area (Å²) in [6.07, 6.45) is 0. The third kappa shape index (κ3) is 7.12. The molecule has 3 aromatic carbocycles. The Balaban J connectivity index is 0.00000363. The van der Waals surface area contributed by atoms with Gasteiger partial charge in [0.05, 0.1) is 13.1 Å². The topological polar surface area (TPSA) is 66.0 Å². The summed E-state index contributed by atoms with van der Waals surface area (Å²) in [6, 6.07) is 21.8. The third-order valence-electron chi connectivity index (χ3n) is 4.77. The van der Waals surface area contributed by atoms with Crippen LogP contribution in [-0.2, 0) is 6.54 Å². The first-order valence-corrected chi connectivity index (χ1v) is 10.5. The zero-order valence-corrected chi connectivity index (χ0v) is 21.1. The number of carbonyl (C=O) groups excluding carboxylic acids is 1. The standard InChI is InChI=1S/C25H30N4O2.HI/c1-4-26-25(28-18-19-12-14-21(15-13-19)24(30)29(2)3)27-16-17-31-23-11-7-9-20-8-5-6-10-22(20)23;/h5-15H,4,16-18H2,1-3H3,(H2,26,27,28);1H. The van der Waals surface area contributed by atoms with Crippen LogP contribution in [0, 0.1) is 0 Å². The van der Waals surface area contributed by atoms with E-state index in [0.717, 1.165) is 29.2 Å². The van der Waals surface area contributed by atoms with Crippen molar-refractivity contribution in [3.8, 4) is 5.75 Å². The molecular formula is C25H31IN4O2. The van der Waals surface area contributed by atoms with Crippen LogP contribution in [0.2, 0.25) is 0 Å². The van der Waals surface area contributed by atoms with Crippen molar-refractivity contribution in [2.45, 2.75) is 13.5 Å². The Kier molecular flexibility index (Phi) is 10.3. The fraction of sp³-hybridized carbons (Fsp3) is 0.280. The maximum atomic E-state index is 12.0. The van der Waals surface area contributed by atoms with Crippen molar-refractivity contribution in [1.82, 2.24) is 15.5 Å². The normalized spacial score (nSPS) is 10.9. The number of guanidine groups is 1. The van der Waals surface area contributed by atoms with E-state index in [-0.39, 0.29) is 29.9 Å². The van der Waals surface area contributed by atoms with E-state index in [2.05, 4.69) is 33.8 Å². The number of hydrogen-bond donors (Lipinski definition) is 2. The van der Waals surface area contributed by atoms with Crippen LogP contribution in [-0.4, -0.2) is 50.6 Å². The van der Waals surface area contributed by atoms with E-state index < -0.39 is 0 Å². The summed E-state index contributed by atoms with van der Waals surface area (Å²) in [5.41, 5.74) is 1.72. The van der Waals surface area contributed by atoms with Gasteiger partial charge in [-0.2, -0.15) is 0 Å². The lowest BCUT2D eigenvalue weighted by Gasteiger charge is -2.13. The Morgan fingerprint density at radius 2 is 1.69 bits per heavy atom. The van der Waals surface area contributed by atoms with Gasteiger partial charge in [0.15, 0.2) is 5.96 Å². The Hall–Kier alpha value is -2.81. The number of hydrogen-bond acceptors (Lipinski definition) is 3. The molecule has 0 fully saturated rings. The number of rotatable bonds is 8. The summed E-state index contributed by atoms with van der Waals surface area (Å²) in [5.74, 6) is 1.61. The van der Waals surface area contributed by atoms with Gasteiger partial charge in [0, 0.05) is 31.6 Å². The number of aliphatic imine (C=N–C) groups is 1. The highest BCUT2D eigenvalue weighted by molar-refractivity contribution is 14.0. The van der Waals surface area contributed by atoms with Gasteiger partial charge in [0.2, 0.25) is 0 Å². The molecule has 170 valence electrons. The molecule has 0 heterocycles. The molecule has 1 amide bonds. The van der Waals surface area contributed by atoms with Gasteiger partial charge in [-0.15, -0.1) is 24.0 Å². The number of nitrogens with one attached hydrogen (secondary N) is 2. The monoisotopic (exact) mass is 546 g/mol. The summed E-state index contributed by atoms with van der Waals surface area (Å²) in [5, 5.41) is 8.84. The van der Waals surface area contributed by atoms with Gasteiger partial charge in [-0.3, -0.25) is 4.79 Å². The highest BCUT2D eigenvalue weighted by Gasteiger charge is 2.07. The molecule has 0 radical (unpaired) electrons. The second-order valence-electron chi connectivity index (χ2n) is 7.34. The predicted octanol–water partition coefficient (Wildman–Crippen LogP) is 4.29. The van der Waals surface area contributed by atoms with E-state index in [1.165, 1.54) is 5.39 Å². The van der Waals surface area contributed by atoms with Crippen molar-refractivity contribution in [2.24, 2.45) is 4.99 Å². The fourth-order valence-electron chi connectivity index (χ4n) is 3.17. The zero-order chi connectivity index (χ0) is 22.1. The van der Waals surface area contributed by atoms with E-state index in [4.69, 9.17) is 4.74 Å². The number of benzene rings is 3. The minimum absolute atomic E-state index is 0. The Morgan fingerprint density at radius 3 is 2.41 bits per heavy atom. The summed E-state index contributed by atoms with van der Waals surface area (Å²) in [6.45, 7) is 4.48. The Bertz CT molecular complexity index is 1030. The molecule has 32 heavy (non-hydrogen) atoms. The second-order valence-corrected chi connectivity index (χ2v) is 7.34. The lowest BCUT2D eigenvalue weighted by Crippen LogP contribution is -2.39. The lowest BCUT2D eigenvalue weighted by atomic mass is 10.1. The molecule has 3 aromatic rings. The third-order valence-corrected chi connectivity index (χ3v) is 4.77. The molecule has 0 saturated carbocycles. The predicted molar refractivity (Wildman–Crippen MR) is 142 cm³/mol. The molecule has 7 heteroatoms. The van der Waals surface area contributed by atoms with Crippen LogP contribution in [0.25, 0.3) is 10.8 Å². The van der Waals surface area contributed by atoms with Crippen LogP contribution < -0.4 is 15.4 Å². The van der Waals surface area contributed by atoms with E-state index in [0.29, 0.717) is 25.3 Å². The summed E-state index contributed by atoms with van der Waals surface area (Å²) in [7, 11) is 3.50. The summed E-state index contributed by atoms with van der Waals surface area (Å²) >= 11 is 0. The summed E-state index contributed by atoms with van der Waals surface area (Å²) < 4.78 is 5.98. The minimum atomic E-state index is -0.00347. The highest BCUT2D eigenvalue weighted by atomic mass is 127. The van der Waals surface area contributed by atoms with Crippen molar-refractivity contribution in [1.29, 1.82) is 0 Å². The molecule has 0 unspecified atom stereocenters. The molecule has 0 aliphatic rings. The van der Waals surface area contributed by atoms with Crippen LogP contribution in [0.4, 0.5) is 0 Å². The van der Waals surface area contributed by atoms with Gasteiger partial charge in [0.1, 0.15) is 12.4 Å². The number of nitrogens with zero attached hydrogens (tertiary/aromatic N) is 2. The molecule has 0 atom stereocenters. The second kappa shape index (κ2) is 12.9. The maximum Gasteiger partial charge on any atom is 0.253 e. The average Bonchev–Trinajstić information content (AvgIpc) is 2.80. The average molecular weight is 546 g/mol. The first kappa shape index (κ1) is 25.5. The molecular weight excluding hydrogens is 515 g/mol. The summed E-state index contributed by atoms with van der Waals surface area (Å²) in [4.78, 5) is 18.2. The number of fused-ring (bicyclic) bond motifs is 1. The fourth-order valence-corrected chi connectivity index (χ4v) is 3.17. The zero-order valence-electron chi connectivity index (χ0n) is 18.8. The molecule has 2 N–H and O–H groups in total. The van der Waals surface area contributed by atoms with Gasteiger partial charge < -0.3 is 20.3 Å². The Labute approximate surface area is 207 Å². The SMILES string of the molecule is CCNC(=NCc1ccc(C(=O)N(C)C)cc1)NCCOc1cccc2ccccc12.I. The van der Waals surface area contributed by atoms with Crippen LogP contribution in [0.5, 0.6) is 5.75 Å². The van der Waals surface area contributed by atoms with Crippen molar-refractivity contribution >= 4 is 46.6 Å². The molecule has 0 aliphatic carbocycles. The number of carbonyl (C=O) groups is 1. The van der Waals surface area contributed by atoms with E-state index in [1.54, 1.807) is 19.0 Å². The van der Waals surface area contributed by atoms with Crippen molar-refractivity contribution in [3.05, 3.63) is 77.9 Å². The smallest absolute Gasteiger partial charge is 0.253 e. The van der Waals surface area contributed by atoms with Crippen LogP contribution >= 0.6 is 24.0 Å². The number of halogens is 1. The first-order valence-electron chi connectivity index (χ1n) is 10.5. The molecule has 0 spiro atoms.